The van der Waals surface area contributed by atoms with Gasteiger partial charge in [0.15, 0.2) is 0 Å². The molecule has 4 heteroatoms. The molecule has 0 aliphatic heterocycles. The molecule has 2 aromatic rings. The van der Waals surface area contributed by atoms with Gasteiger partial charge in [-0.2, -0.15) is 0 Å². The van der Waals surface area contributed by atoms with Crippen LogP contribution in [0, 0.1) is 19.7 Å². The Balaban J connectivity index is 1.73. The minimum Gasteiger partial charge on any atom is -0.491 e. The first-order chi connectivity index (χ1) is 10.5. The van der Waals surface area contributed by atoms with Crippen molar-refractivity contribution in [3.63, 3.8) is 0 Å². The molecule has 1 N–H and O–H groups in total. The molecule has 22 heavy (non-hydrogen) atoms. The van der Waals surface area contributed by atoms with E-state index in [1.165, 1.54) is 12.1 Å². The lowest BCUT2D eigenvalue weighted by molar-refractivity contribution is -0.120. The van der Waals surface area contributed by atoms with Gasteiger partial charge in [0.2, 0.25) is 5.91 Å². The van der Waals surface area contributed by atoms with E-state index < -0.39 is 0 Å². The van der Waals surface area contributed by atoms with E-state index in [0.717, 1.165) is 22.4 Å². The lowest BCUT2D eigenvalue weighted by atomic mass is 10.1. The molecule has 2 rings (SSSR count). The highest BCUT2D eigenvalue weighted by Crippen LogP contribution is 2.18. The van der Waals surface area contributed by atoms with E-state index in [0.29, 0.717) is 13.2 Å². The first kappa shape index (κ1) is 16.0. The standard InChI is InChI=1S/C18H20FNO2/c1-13-3-4-14(2)17(11-13)22-10-9-20-18(21)12-15-5-7-16(19)8-6-15/h3-8,11H,9-10,12H2,1-2H3,(H,20,21). The molecule has 0 saturated heterocycles. The van der Waals surface area contributed by atoms with Crippen LogP contribution in [0.3, 0.4) is 0 Å². The Labute approximate surface area is 130 Å². The quantitative estimate of drug-likeness (QED) is 0.832. The molecule has 0 unspecified atom stereocenters. The largest absolute Gasteiger partial charge is 0.491 e. The van der Waals surface area contributed by atoms with Crippen LogP contribution in [-0.2, 0) is 11.2 Å². The van der Waals surface area contributed by atoms with Gasteiger partial charge in [0.05, 0.1) is 13.0 Å². The third-order valence-electron chi connectivity index (χ3n) is 3.30. The van der Waals surface area contributed by atoms with E-state index in [-0.39, 0.29) is 18.1 Å². The summed E-state index contributed by atoms with van der Waals surface area (Å²) in [6.07, 6.45) is 0.240. The molecule has 0 heterocycles. The van der Waals surface area contributed by atoms with Gasteiger partial charge in [0.25, 0.3) is 0 Å². The highest BCUT2D eigenvalue weighted by Gasteiger charge is 2.04. The van der Waals surface area contributed by atoms with Gasteiger partial charge >= 0.3 is 0 Å². The van der Waals surface area contributed by atoms with E-state index in [9.17, 15) is 9.18 Å². The van der Waals surface area contributed by atoms with Crippen LogP contribution in [0.2, 0.25) is 0 Å². The Morgan fingerprint density at radius 3 is 2.59 bits per heavy atom. The van der Waals surface area contributed by atoms with E-state index in [1.807, 2.05) is 32.0 Å². The number of rotatable bonds is 6. The van der Waals surface area contributed by atoms with Crippen molar-refractivity contribution in [1.29, 1.82) is 0 Å². The second-order valence-electron chi connectivity index (χ2n) is 5.27. The summed E-state index contributed by atoms with van der Waals surface area (Å²) in [6.45, 7) is 4.85. The molecular formula is C18H20FNO2. The molecule has 0 atom stereocenters. The Bertz CT molecular complexity index is 638. The van der Waals surface area contributed by atoms with Crippen molar-refractivity contribution in [2.24, 2.45) is 0 Å². The molecule has 0 saturated carbocycles. The minimum absolute atomic E-state index is 0.101. The summed E-state index contributed by atoms with van der Waals surface area (Å²) in [5.74, 6) is 0.440. The van der Waals surface area contributed by atoms with Gasteiger partial charge < -0.3 is 10.1 Å². The molecule has 1 amide bonds. The van der Waals surface area contributed by atoms with Crippen LogP contribution in [0.25, 0.3) is 0 Å². The Hall–Kier alpha value is -2.36. The molecule has 3 nitrogen and oxygen atoms in total. The SMILES string of the molecule is Cc1ccc(C)c(OCCNC(=O)Cc2ccc(F)cc2)c1. The fourth-order valence-corrected chi connectivity index (χ4v) is 2.06. The van der Waals surface area contributed by atoms with E-state index in [1.54, 1.807) is 12.1 Å². The number of ether oxygens (including phenoxy) is 1. The number of aryl methyl sites for hydroxylation is 2. The van der Waals surface area contributed by atoms with Crippen molar-refractivity contribution in [2.45, 2.75) is 20.3 Å². The number of carbonyl (C=O) groups is 1. The summed E-state index contributed by atoms with van der Waals surface area (Å²) in [7, 11) is 0. The maximum Gasteiger partial charge on any atom is 0.224 e. The number of nitrogens with one attached hydrogen (secondary N) is 1. The smallest absolute Gasteiger partial charge is 0.224 e. The van der Waals surface area contributed by atoms with E-state index in [2.05, 4.69) is 5.32 Å². The summed E-state index contributed by atoms with van der Waals surface area (Å²) >= 11 is 0. The van der Waals surface area contributed by atoms with Crippen LogP contribution in [-0.4, -0.2) is 19.1 Å². The Morgan fingerprint density at radius 2 is 1.86 bits per heavy atom. The molecule has 0 radical (unpaired) electrons. The topological polar surface area (TPSA) is 38.3 Å². The normalized spacial score (nSPS) is 10.3. The van der Waals surface area contributed by atoms with Crippen molar-refractivity contribution in [1.82, 2.24) is 5.32 Å². The third-order valence-corrected chi connectivity index (χ3v) is 3.30. The number of amides is 1. The molecule has 2 aromatic carbocycles. The zero-order valence-electron chi connectivity index (χ0n) is 12.9. The Morgan fingerprint density at radius 1 is 1.14 bits per heavy atom. The number of benzene rings is 2. The number of halogens is 1. The predicted molar refractivity (Wildman–Crippen MR) is 84.5 cm³/mol. The first-order valence-electron chi connectivity index (χ1n) is 7.26. The van der Waals surface area contributed by atoms with E-state index in [4.69, 9.17) is 4.74 Å². The fourth-order valence-electron chi connectivity index (χ4n) is 2.06. The van der Waals surface area contributed by atoms with Gasteiger partial charge in [-0.1, -0.05) is 24.3 Å². The van der Waals surface area contributed by atoms with Crippen LogP contribution >= 0.6 is 0 Å². The van der Waals surface area contributed by atoms with Crippen molar-refractivity contribution in [3.8, 4) is 5.75 Å². The highest BCUT2D eigenvalue weighted by molar-refractivity contribution is 5.78. The van der Waals surface area contributed by atoms with E-state index >= 15 is 0 Å². The zero-order valence-corrected chi connectivity index (χ0v) is 12.9. The van der Waals surface area contributed by atoms with Gasteiger partial charge in [-0.25, -0.2) is 4.39 Å². The number of hydrogen-bond acceptors (Lipinski definition) is 2. The Kier molecular flexibility index (Phi) is 5.53. The van der Waals surface area contributed by atoms with Crippen LogP contribution in [0.4, 0.5) is 4.39 Å². The van der Waals surface area contributed by atoms with Crippen molar-refractivity contribution in [3.05, 3.63) is 65.0 Å². The zero-order chi connectivity index (χ0) is 15.9. The van der Waals surface area contributed by atoms with Crippen molar-refractivity contribution in [2.75, 3.05) is 13.2 Å². The molecule has 0 bridgehead atoms. The lowest BCUT2D eigenvalue weighted by Gasteiger charge is -2.10. The summed E-state index contributed by atoms with van der Waals surface area (Å²) in [4.78, 5) is 11.8. The van der Waals surface area contributed by atoms with Crippen LogP contribution in [0.15, 0.2) is 42.5 Å². The van der Waals surface area contributed by atoms with Crippen molar-refractivity contribution < 1.29 is 13.9 Å². The highest BCUT2D eigenvalue weighted by atomic mass is 19.1. The molecule has 0 aromatic heterocycles. The summed E-state index contributed by atoms with van der Waals surface area (Å²) in [5, 5.41) is 2.79. The minimum atomic E-state index is -0.300. The molecule has 116 valence electrons. The van der Waals surface area contributed by atoms with Gasteiger partial charge in [-0.3, -0.25) is 4.79 Å². The molecular weight excluding hydrogens is 281 g/mol. The average Bonchev–Trinajstić information content (AvgIpc) is 2.49. The number of hydrogen-bond donors (Lipinski definition) is 1. The second kappa shape index (κ2) is 7.59. The average molecular weight is 301 g/mol. The summed E-state index contributed by atoms with van der Waals surface area (Å²) < 4.78 is 18.4. The van der Waals surface area contributed by atoms with Gasteiger partial charge in [0, 0.05) is 0 Å². The molecule has 0 fully saturated rings. The van der Waals surface area contributed by atoms with Crippen LogP contribution in [0.1, 0.15) is 16.7 Å². The molecule has 0 spiro atoms. The first-order valence-corrected chi connectivity index (χ1v) is 7.26. The predicted octanol–water partition coefficient (Wildman–Crippen LogP) is 3.18. The monoisotopic (exact) mass is 301 g/mol. The summed E-state index contributed by atoms with van der Waals surface area (Å²) in [6, 6.07) is 12.0. The van der Waals surface area contributed by atoms with Gasteiger partial charge in [-0.15, -0.1) is 0 Å². The second-order valence-corrected chi connectivity index (χ2v) is 5.27. The molecule has 0 aliphatic rings. The maximum atomic E-state index is 12.8. The number of carbonyl (C=O) groups excluding carboxylic acids is 1. The maximum absolute atomic E-state index is 12.8. The summed E-state index contributed by atoms with van der Waals surface area (Å²) in [5.41, 5.74) is 3.00. The molecule has 0 aliphatic carbocycles. The van der Waals surface area contributed by atoms with Crippen molar-refractivity contribution >= 4 is 5.91 Å². The van der Waals surface area contributed by atoms with Gasteiger partial charge in [-0.05, 0) is 48.7 Å². The fraction of sp³-hybridized carbons (Fsp3) is 0.278. The van der Waals surface area contributed by atoms with Crippen LogP contribution < -0.4 is 10.1 Å². The third kappa shape index (κ3) is 4.88. The lowest BCUT2D eigenvalue weighted by Crippen LogP contribution is -2.29. The van der Waals surface area contributed by atoms with Crippen LogP contribution in [0.5, 0.6) is 5.75 Å². The van der Waals surface area contributed by atoms with Gasteiger partial charge in [0.1, 0.15) is 18.2 Å².